The number of aromatic nitrogens is 1. The molecule has 0 saturated heterocycles. The summed E-state index contributed by atoms with van der Waals surface area (Å²) in [6, 6.07) is 121. The third kappa shape index (κ3) is 11.7. The van der Waals surface area contributed by atoms with Crippen LogP contribution < -0.4 is 10.4 Å². The van der Waals surface area contributed by atoms with E-state index in [1.54, 1.807) is 0 Å². The molecular weight excluding hydrogens is 1490 g/mol. The SMILES string of the molecule is CC1C=CC2=CC(c3ccc4oc5c(-c6ccc7c(c6)c6cc(-c8cc([C@]9(C)C=c%10ccc%11c(c%10=CC9)CCC=C%11)cc9c8oc8ccc(-c%10ccc%11c(ccc%12ccccc%12%11)c%10)cc89)ccc6n7-c6ccc(-c7c8ccccc8c(-c8ccccc8)c8ccccc78)cc6)cc(-c6ccc7c(ccc8ccccc87)c6)cc5c4c3)=CCC2C/C=C\C=C/1. The van der Waals surface area contributed by atoms with Crippen molar-refractivity contribution in [1.29, 1.82) is 0 Å². The standard InChI is InChI=1S/C120H83NO2/c1-73-19-5-3-6-20-74-35-39-81(61-80(74)34-33-73)84-49-57-114-108(64-84)110-69-91(83-46-54-98-87(63-83)41-37-76-22-10-13-27-95(76)98)68-104(118(110)122-114)88-47-55-112-106(66-88)107-67-89(48-56-113(107)121(112)93-51-43-79(44-52-93)117-102-31-17-15-29-100(102)116(78-24-7-4-8-25-78)101-30-16-18-32-103(101)117)105-70-92(120(2)60-59-99-90(72-120)42-38-77-23-11-14-28-96(77)99)71-111-109-65-85(50-58-115(109)123-119(105)111)82-45-53-97-86(62-82)40-36-75-21-9-12-26-94(75)97/h3-13,15-19,21-27,29-34,36-59,61-74H,14,20,28,35,60H2,1-2H3/b6-3-,19-5-,34-33?/t73?,74?,120-/m0/s1. The summed E-state index contributed by atoms with van der Waals surface area (Å²) in [4.78, 5) is 0. The average Bonchev–Trinajstić information content (AvgIpc) is 1.64. The number of allylic oxidation sites excluding steroid dienone is 11. The van der Waals surface area contributed by atoms with E-state index in [1.807, 2.05) is 0 Å². The highest BCUT2D eigenvalue weighted by atomic mass is 16.3. The zero-order chi connectivity index (χ0) is 81.1. The molecule has 0 aliphatic heterocycles. The number of hydrogen-bond donors (Lipinski definition) is 0. The van der Waals surface area contributed by atoms with E-state index in [9.17, 15) is 0 Å². The van der Waals surface area contributed by atoms with Gasteiger partial charge in [0.15, 0.2) is 0 Å². The Balaban J connectivity index is 0.705. The first-order valence-corrected chi connectivity index (χ1v) is 43.7. The minimum absolute atomic E-state index is 0.338. The molecule has 580 valence electrons. The molecule has 0 radical (unpaired) electrons. The van der Waals surface area contributed by atoms with Crippen LogP contribution in [0.3, 0.4) is 0 Å². The van der Waals surface area contributed by atoms with Gasteiger partial charge in [-0.2, -0.15) is 0 Å². The molecule has 3 nitrogen and oxygen atoms in total. The Morgan fingerprint density at radius 1 is 0.366 bits per heavy atom. The predicted octanol–water partition coefficient (Wildman–Crippen LogP) is 31.4. The van der Waals surface area contributed by atoms with Gasteiger partial charge in [-0.15, -0.1) is 0 Å². The van der Waals surface area contributed by atoms with Crippen molar-refractivity contribution >= 4 is 154 Å². The van der Waals surface area contributed by atoms with Crippen molar-refractivity contribution in [2.45, 2.75) is 51.4 Å². The van der Waals surface area contributed by atoms with Gasteiger partial charge in [0.1, 0.15) is 22.3 Å². The minimum Gasteiger partial charge on any atom is -0.455 e. The lowest BCUT2D eigenvalue weighted by Gasteiger charge is -2.29. The Labute approximate surface area is 712 Å². The van der Waals surface area contributed by atoms with Crippen LogP contribution in [-0.4, -0.2) is 4.57 Å². The molecule has 21 aromatic rings. The van der Waals surface area contributed by atoms with Gasteiger partial charge in [0, 0.05) is 54.5 Å². The second-order valence-electron chi connectivity index (χ2n) is 35.0. The maximum Gasteiger partial charge on any atom is 0.143 e. The first-order chi connectivity index (χ1) is 60.7. The number of rotatable bonds is 9. The zero-order valence-electron chi connectivity index (χ0n) is 68.5. The fourth-order valence-corrected chi connectivity index (χ4v) is 21.3. The van der Waals surface area contributed by atoms with E-state index in [4.69, 9.17) is 8.83 Å². The maximum absolute atomic E-state index is 7.41. The molecule has 0 bridgehead atoms. The monoisotopic (exact) mass is 1570 g/mol. The number of furan rings is 2. The van der Waals surface area contributed by atoms with E-state index in [1.165, 1.54) is 131 Å². The normalized spacial score (nSPS) is 17.0. The molecule has 0 amide bonds. The van der Waals surface area contributed by atoms with Gasteiger partial charge in [0.2, 0.25) is 0 Å². The zero-order valence-corrected chi connectivity index (χ0v) is 68.5. The first-order valence-electron chi connectivity index (χ1n) is 43.7. The molecule has 3 heterocycles. The fraction of sp³-hybridized carbons (Fsp3) is 0.0833. The molecule has 25 rings (SSSR count). The Morgan fingerprint density at radius 3 is 1.56 bits per heavy atom. The Morgan fingerprint density at radius 2 is 0.894 bits per heavy atom. The molecule has 3 atom stereocenters. The van der Waals surface area contributed by atoms with Crippen molar-refractivity contribution in [1.82, 2.24) is 4.57 Å². The van der Waals surface area contributed by atoms with Crippen molar-refractivity contribution in [2.75, 3.05) is 0 Å². The largest absolute Gasteiger partial charge is 0.455 e. The molecule has 3 heteroatoms. The van der Waals surface area contributed by atoms with Gasteiger partial charge in [-0.1, -0.05) is 311 Å². The van der Waals surface area contributed by atoms with E-state index >= 15 is 0 Å². The lowest BCUT2D eigenvalue weighted by molar-refractivity contribution is 0.641. The van der Waals surface area contributed by atoms with Crippen LogP contribution in [0, 0.1) is 11.8 Å². The summed E-state index contributed by atoms with van der Waals surface area (Å²) in [5.74, 6) is 0.761. The third-order valence-electron chi connectivity index (χ3n) is 27.7. The highest BCUT2D eigenvalue weighted by molar-refractivity contribution is 6.23. The van der Waals surface area contributed by atoms with Crippen molar-refractivity contribution in [3.63, 3.8) is 0 Å². The summed E-state index contributed by atoms with van der Waals surface area (Å²) < 4.78 is 17.3. The third-order valence-corrected chi connectivity index (χ3v) is 27.7. The minimum atomic E-state index is -0.353. The van der Waals surface area contributed by atoms with E-state index < -0.39 is 0 Å². The van der Waals surface area contributed by atoms with Gasteiger partial charge in [-0.3, -0.25) is 0 Å². The smallest absolute Gasteiger partial charge is 0.143 e. The summed E-state index contributed by atoms with van der Waals surface area (Å²) >= 11 is 0. The van der Waals surface area contributed by atoms with Gasteiger partial charge in [0.05, 0.1) is 11.0 Å². The molecule has 123 heavy (non-hydrogen) atoms. The van der Waals surface area contributed by atoms with Gasteiger partial charge in [-0.25, -0.2) is 0 Å². The van der Waals surface area contributed by atoms with Crippen LogP contribution in [0.2, 0.25) is 0 Å². The molecular formula is C120H83NO2. The van der Waals surface area contributed by atoms with Gasteiger partial charge < -0.3 is 13.4 Å². The molecule has 0 spiro atoms. The maximum atomic E-state index is 7.41. The number of hydrogen-bond acceptors (Lipinski definition) is 2. The molecule has 0 fully saturated rings. The second-order valence-corrected chi connectivity index (χ2v) is 35.0. The summed E-state index contributed by atoms with van der Waals surface area (Å²) in [5.41, 5.74) is 27.9. The molecule has 2 unspecified atom stereocenters. The van der Waals surface area contributed by atoms with Crippen LogP contribution in [0.1, 0.15) is 61.8 Å². The van der Waals surface area contributed by atoms with Crippen LogP contribution >= 0.6 is 0 Å². The summed E-state index contributed by atoms with van der Waals surface area (Å²) in [7, 11) is 0. The van der Waals surface area contributed by atoms with Crippen molar-refractivity contribution < 1.29 is 8.83 Å². The summed E-state index contributed by atoms with van der Waals surface area (Å²) in [6.45, 7) is 4.71. The van der Waals surface area contributed by atoms with E-state index in [0.29, 0.717) is 11.8 Å². The molecule has 0 saturated carbocycles. The highest BCUT2D eigenvalue weighted by Crippen LogP contribution is 2.50. The van der Waals surface area contributed by atoms with Gasteiger partial charge in [0.25, 0.3) is 0 Å². The quantitative estimate of drug-likeness (QED) is 0.107. The van der Waals surface area contributed by atoms with Crippen molar-refractivity contribution in [3.8, 4) is 72.4 Å². The van der Waals surface area contributed by atoms with Crippen LogP contribution in [0.4, 0.5) is 0 Å². The van der Waals surface area contributed by atoms with Crippen LogP contribution in [0.25, 0.3) is 227 Å². The predicted molar refractivity (Wildman–Crippen MR) is 522 cm³/mol. The van der Waals surface area contributed by atoms with Gasteiger partial charge in [-0.05, 0) is 305 Å². The highest BCUT2D eigenvalue weighted by Gasteiger charge is 2.31. The van der Waals surface area contributed by atoms with Crippen molar-refractivity contribution in [2.24, 2.45) is 11.8 Å². The Kier molecular flexibility index (Phi) is 16.2. The topological polar surface area (TPSA) is 31.2 Å². The molecule has 0 N–H and O–H groups in total. The Hall–Kier alpha value is -14.9. The number of nitrogens with zero attached hydrogens (tertiary/aromatic N) is 1. The summed E-state index contributed by atoms with van der Waals surface area (Å²) in [6.07, 6.45) is 33.3. The first kappa shape index (κ1) is 71.1. The van der Waals surface area contributed by atoms with Crippen LogP contribution in [-0.2, 0) is 11.8 Å². The van der Waals surface area contributed by atoms with Crippen molar-refractivity contribution in [3.05, 3.63) is 414 Å². The summed E-state index contributed by atoms with van der Waals surface area (Å²) in [5, 5.41) is 24.2. The molecule has 4 aliphatic rings. The van der Waals surface area contributed by atoms with Gasteiger partial charge >= 0.3 is 0 Å². The molecule has 18 aromatic carbocycles. The number of benzene rings is 18. The average molecular weight is 1570 g/mol. The fourth-order valence-electron chi connectivity index (χ4n) is 21.3. The Bertz CT molecular complexity index is 8440. The number of fused-ring (bicyclic) bond motifs is 21. The van der Waals surface area contributed by atoms with E-state index in [2.05, 4.69) is 413 Å². The molecule has 3 aromatic heterocycles. The van der Waals surface area contributed by atoms with E-state index in [-0.39, 0.29) is 5.41 Å². The second kappa shape index (κ2) is 28.1. The van der Waals surface area contributed by atoms with Crippen LogP contribution in [0.5, 0.6) is 0 Å². The molecule has 4 aliphatic carbocycles. The lowest BCUT2D eigenvalue weighted by Crippen LogP contribution is -2.38. The lowest BCUT2D eigenvalue weighted by atomic mass is 9.74. The van der Waals surface area contributed by atoms with E-state index in [0.717, 1.165) is 148 Å². The van der Waals surface area contributed by atoms with Crippen LogP contribution in [0.15, 0.2) is 391 Å².